The maximum absolute atomic E-state index is 11.4. The maximum atomic E-state index is 11.4. The van der Waals surface area contributed by atoms with E-state index in [1.54, 1.807) is 20.8 Å². The van der Waals surface area contributed by atoms with Crippen LogP contribution in [0.5, 0.6) is 0 Å². The molecule has 0 heterocycles. The highest BCUT2D eigenvalue weighted by Gasteiger charge is 2.19. The van der Waals surface area contributed by atoms with Crippen LogP contribution in [0.3, 0.4) is 0 Å². The van der Waals surface area contributed by atoms with E-state index in [0.29, 0.717) is 6.54 Å². The molecule has 0 aromatic heterocycles. The molecule has 0 amide bonds. The zero-order valence-electron chi connectivity index (χ0n) is 8.66. The van der Waals surface area contributed by atoms with Gasteiger partial charge in [-0.1, -0.05) is 6.92 Å². The Labute approximate surface area is 80.5 Å². The van der Waals surface area contributed by atoms with Gasteiger partial charge >= 0.3 is 0 Å². The van der Waals surface area contributed by atoms with Crippen molar-refractivity contribution in [3.63, 3.8) is 0 Å². The van der Waals surface area contributed by atoms with Gasteiger partial charge in [0.2, 0.25) is 0 Å². The molecule has 0 saturated heterocycles. The quantitative estimate of drug-likeness (QED) is 0.641. The number of hydrogen-bond donors (Lipinski definition) is 2. The fraction of sp³-hybridized carbons (Fsp3) is 1.00. The fourth-order valence-corrected chi connectivity index (χ4v) is 1.67. The minimum atomic E-state index is -3.34. The molecule has 0 saturated carbocycles. The lowest BCUT2D eigenvalue weighted by atomic mass is 10.1. The SMILES string of the molecule is CCN(C)S(=O)(=O)NCC(C)(C)N. The Bertz CT molecular complexity index is 243. The second-order valence-electron chi connectivity index (χ2n) is 3.73. The summed E-state index contributed by atoms with van der Waals surface area (Å²) in [5.74, 6) is 0. The van der Waals surface area contributed by atoms with E-state index in [-0.39, 0.29) is 6.54 Å². The summed E-state index contributed by atoms with van der Waals surface area (Å²) in [5.41, 5.74) is 5.11. The van der Waals surface area contributed by atoms with E-state index >= 15 is 0 Å². The van der Waals surface area contributed by atoms with Gasteiger partial charge in [-0.05, 0) is 13.8 Å². The Kier molecular flexibility index (Phi) is 4.31. The average molecular weight is 209 g/mol. The lowest BCUT2D eigenvalue weighted by Gasteiger charge is -2.21. The molecular formula is C7H19N3O2S. The molecule has 13 heavy (non-hydrogen) atoms. The third-order valence-electron chi connectivity index (χ3n) is 1.57. The molecule has 0 rings (SSSR count). The fourth-order valence-electron chi connectivity index (χ4n) is 0.557. The van der Waals surface area contributed by atoms with Gasteiger partial charge in [0.25, 0.3) is 10.2 Å². The van der Waals surface area contributed by atoms with Crippen LogP contribution in [-0.2, 0) is 10.2 Å². The van der Waals surface area contributed by atoms with Crippen molar-refractivity contribution in [3.8, 4) is 0 Å². The van der Waals surface area contributed by atoms with Crippen molar-refractivity contribution < 1.29 is 8.42 Å². The van der Waals surface area contributed by atoms with E-state index in [4.69, 9.17) is 5.73 Å². The highest BCUT2D eigenvalue weighted by atomic mass is 32.2. The largest absolute Gasteiger partial charge is 0.324 e. The lowest BCUT2D eigenvalue weighted by molar-refractivity contribution is 0.450. The molecule has 0 aliphatic rings. The third kappa shape index (κ3) is 5.20. The van der Waals surface area contributed by atoms with Crippen LogP contribution in [0.1, 0.15) is 20.8 Å². The van der Waals surface area contributed by atoms with E-state index < -0.39 is 15.7 Å². The van der Waals surface area contributed by atoms with E-state index in [2.05, 4.69) is 4.72 Å². The van der Waals surface area contributed by atoms with Gasteiger partial charge in [-0.2, -0.15) is 12.7 Å². The summed E-state index contributed by atoms with van der Waals surface area (Å²) in [6, 6.07) is 0. The molecule has 0 atom stereocenters. The number of rotatable bonds is 5. The highest BCUT2D eigenvalue weighted by molar-refractivity contribution is 7.87. The van der Waals surface area contributed by atoms with E-state index in [0.717, 1.165) is 0 Å². The molecule has 0 aliphatic heterocycles. The van der Waals surface area contributed by atoms with Crippen molar-refractivity contribution >= 4 is 10.2 Å². The van der Waals surface area contributed by atoms with Crippen molar-refractivity contribution in [2.75, 3.05) is 20.1 Å². The Morgan fingerprint density at radius 1 is 1.46 bits per heavy atom. The second kappa shape index (κ2) is 4.36. The van der Waals surface area contributed by atoms with Crippen LogP contribution >= 0.6 is 0 Å². The molecule has 5 nitrogen and oxygen atoms in total. The molecule has 3 N–H and O–H groups in total. The van der Waals surface area contributed by atoms with Crippen molar-refractivity contribution in [2.45, 2.75) is 26.3 Å². The predicted octanol–water partition coefficient (Wildman–Crippen LogP) is -0.490. The zero-order chi connectivity index (χ0) is 10.7. The van der Waals surface area contributed by atoms with Gasteiger partial charge in [-0.15, -0.1) is 0 Å². The monoisotopic (exact) mass is 209 g/mol. The first kappa shape index (κ1) is 12.8. The van der Waals surface area contributed by atoms with Gasteiger partial charge in [0.1, 0.15) is 0 Å². The van der Waals surface area contributed by atoms with E-state index in [9.17, 15) is 8.42 Å². The molecule has 0 fully saturated rings. The minimum absolute atomic E-state index is 0.236. The molecule has 0 bridgehead atoms. The van der Waals surface area contributed by atoms with Crippen LogP contribution < -0.4 is 10.5 Å². The highest BCUT2D eigenvalue weighted by Crippen LogP contribution is 1.97. The summed E-state index contributed by atoms with van der Waals surface area (Å²) in [6.45, 7) is 5.98. The second-order valence-corrected chi connectivity index (χ2v) is 5.59. The Morgan fingerprint density at radius 2 is 1.92 bits per heavy atom. The molecular weight excluding hydrogens is 190 g/mol. The first-order chi connectivity index (χ1) is 5.69. The Hall–Kier alpha value is -0.170. The number of nitrogens with zero attached hydrogens (tertiary/aromatic N) is 1. The first-order valence-corrected chi connectivity index (χ1v) is 5.63. The van der Waals surface area contributed by atoms with E-state index in [1.165, 1.54) is 11.4 Å². The third-order valence-corrected chi connectivity index (χ3v) is 3.15. The summed E-state index contributed by atoms with van der Waals surface area (Å²) in [7, 11) is -1.82. The van der Waals surface area contributed by atoms with Crippen molar-refractivity contribution in [1.82, 2.24) is 9.03 Å². The maximum Gasteiger partial charge on any atom is 0.279 e. The smallest absolute Gasteiger partial charge is 0.279 e. The molecule has 6 heteroatoms. The van der Waals surface area contributed by atoms with Crippen molar-refractivity contribution in [1.29, 1.82) is 0 Å². The summed E-state index contributed by atoms with van der Waals surface area (Å²) < 4.78 is 26.4. The van der Waals surface area contributed by atoms with Crippen molar-refractivity contribution in [3.05, 3.63) is 0 Å². The lowest BCUT2D eigenvalue weighted by Crippen LogP contribution is -2.48. The zero-order valence-corrected chi connectivity index (χ0v) is 9.48. The van der Waals surface area contributed by atoms with E-state index in [1.807, 2.05) is 0 Å². The summed E-state index contributed by atoms with van der Waals surface area (Å²) >= 11 is 0. The van der Waals surface area contributed by atoms with Crippen LogP contribution in [0, 0.1) is 0 Å². The first-order valence-electron chi connectivity index (χ1n) is 4.19. The molecule has 0 aliphatic carbocycles. The van der Waals surface area contributed by atoms with Crippen molar-refractivity contribution in [2.24, 2.45) is 5.73 Å². The van der Waals surface area contributed by atoms with Crippen LogP contribution in [0.2, 0.25) is 0 Å². The van der Waals surface area contributed by atoms with Crippen LogP contribution in [0.25, 0.3) is 0 Å². The average Bonchev–Trinajstić information content (AvgIpc) is 1.98. The van der Waals surface area contributed by atoms with Gasteiger partial charge in [0, 0.05) is 25.7 Å². The summed E-state index contributed by atoms with van der Waals surface area (Å²) in [6.07, 6.45) is 0. The van der Waals surface area contributed by atoms with Crippen LogP contribution in [-0.4, -0.2) is 38.4 Å². The standard InChI is InChI=1S/C7H19N3O2S/c1-5-10(4)13(11,12)9-6-7(2,3)8/h9H,5-6,8H2,1-4H3. The van der Waals surface area contributed by atoms with Gasteiger partial charge in [0.15, 0.2) is 0 Å². The molecule has 80 valence electrons. The topological polar surface area (TPSA) is 75.4 Å². The molecule has 0 radical (unpaired) electrons. The minimum Gasteiger partial charge on any atom is -0.324 e. The number of nitrogens with one attached hydrogen (secondary N) is 1. The predicted molar refractivity (Wildman–Crippen MR) is 53.5 cm³/mol. The Morgan fingerprint density at radius 3 is 2.23 bits per heavy atom. The van der Waals surface area contributed by atoms with Gasteiger partial charge in [-0.25, -0.2) is 4.72 Å². The van der Waals surface area contributed by atoms with Crippen LogP contribution in [0.15, 0.2) is 0 Å². The summed E-state index contributed by atoms with van der Waals surface area (Å²) in [4.78, 5) is 0. The molecule has 0 aromatic carbocycles. The van der Waals surface area contributed by atoms with Gasteiger partial charge in [0.05, 0.1) is 0 Å². The molecule has 0 aromatic rings. The van der Waals surface area contributed by atoms with Gasteiger partial charge in [-0.3, -0.25) is 0 Å². The van der Waals surface area contributed by atoms with Gasteiger partial charge < -0.3 is 5.73 Å². The number of hydrogen-bond acceptors (Lipinski definition) is 3. The molecule has 0 spiro atoms. The molecule has 0 unspecified atom stereocenters. The summed E-state index contributed by atoms with van der Waals surface area (Å²) in [5, 5.41) is 0. The van der Waals surface area contributed by atoms with Crippen LogP contribution in [0.4, 0.5) is 0 Å². The number of nitrogens with two attached hydrogens (primary N) is 1. The Balaban J connectivity index is 4.21. The normalized spacial score (nSPS) is 13.7.